The van der Waals surface area contributed by atoms with Gasteiger partial charge in [-0.05, 0) is 50.4 Å². The van der Waals surface area contributed by atoms with Crippen LogP contribution in [0.4, 0.5) is 0 Å². The van der Waals surface area contributed by atoms with Crippen molar-refractivity contribution in [1.82, 2.24) is 10.2 Å². The molecule has 0 radical (unpaired) electrons. The molecule has 2 bridgehead atoms. The lowest BCUT2D eigenvalue weighted by Crippen LogP contribution is -2.50. The predicted octanol–water partition coefficient (Wildman–Crippen LogP) is 1.87. The topological polar surface area (TPSA) is 75.7 Å². The van der Waals surface area contributed by atoms with Crippen LogP contribution in [0.5, 0.6) is 0 Å². The highest BCUT2D eigenvalue weighted by Crippen LogP contribution is 2.66. The zero-order chi connectivity index (χ0) is 18.4. The van der Waals surface area contributed by atoms with E-state index in [1.165, 1.54) is 6.42 Å². The molecule has 2 saturated carbocycles. The summed E-state index contributed by atoms with van der Waals surface area (Å²) in [5.41, 5.74) is 0.207. The fourth-order valence-electron chi connectivity index (χ4n) is 5.22. The molecule has 2 aliphatic carbocycles. The molecule has 1 aliphatic heterocycles. The van der Waals surface area contributed by atoms with Gasteiger partial charge in [-0.1, -0.05) is 20.8 Å². The molecule has 2 amide bonds. The fourth-order valence-corrected chi connectivity index (χ4v) is 5.22. The van der Waals surface area contributed by atoms with Crippen LogP contribution in [-0.4, -0.2) is 47.9 Å². The Bertz CT molecular complexity index is 576. The van der Waals surface area contributed by atoms with Crippen molar-refractivity contribution in [1.29, 1.82) is 0 Å². The van der Waals surface area contributed by atoms with Gasteiger partial charge in [-0.25, -0.2) is 4.79 Å². The summed E-state index contributed by atoms with van der Waals surface area (Å²) in [6.45, 7) is 9.00. The van der Waals surface area contributed by atoms with Crippen molar-refractivity contribution in [3.8, 4) is 0 Å². The Kier molecular flexibility index (Phi) is 4.58. The summed E-state index contributed by atoms with van der Waals surface area (Å²) in [7, 11) is 0. The SMILES string of the molecule is C[C@H](NC=O)C(=O)N1CCCC1C(=O)OC1CC2CCC1(C)C2(C)C. The summed E-state index contributed by atoms with van der Waals surface area (Å²) in [6.07, 6.45) is 5.11. The largest absolute Gasteiger partial charge is 0.460 e. The summed E-state index contributed by atoms with van der Waals surface area (Å²) >= 11 is 0. The molecule has 5 atom stereocenters. The Balaban J connectivity index is 1.67. The van der Waals surface area contributed by atoms with Gasteiger partial charge in [0, 0.05) is 12.0 Å². The van der Waals surface area contributed by atoms with Gasteiger partial charge in [0.2, 0.25) is 12.3 Å². The Morgan fingerprint density at radius 3 is 2.56 bits per heavy atom. The van der Waals surface area contributed by atoms with Crippen LogP contribution in [0.15, 0.2) is 0 Å². The lowest BCUT2D eigenvalue weighted by molar-refractivity contribution is -0.165. The highest BCUT2D eigenvalue weighted by molar-refractivity contribution is 5.89. The number of likely N-dealkylation sites (tertiary alicyclic amines) is 1. The van der Waals surface area contributed by atoms with E-state index in [1.807, 2.05) is 0 Å². The molecule has 0 aromatic rings. The van der Waals surface area contributed by atoms with E-state index in [4.69, 9.17) is 4.74 Å². The van der Waals surface area contributed by atoms with E-state index in [9.17, 15) is 14.4 Å². The highest BCUT2D eigenvalue weighted by atomic mass is 16.5. The van der Waals surface area contributed by atoms with Crippen LogP contribution < -0.4 is 5.32 Å². The monoisotopic (exact) mass is 350 g/mol. The van der Waals surface area contributed by atoms with E-state index in [-0.39, 0.29) is 28.8 Å². The van der Waals surface area contributed by atoms with Gasteiger partial charge in [0.1, 0.15) is 18.2 Å². The van der Waals surface area contributed by atoms with Crippen molar-refractivity contribution >= 4 is 18.3 Å². The number of fused-ring (bicyclic) bond motifs is 2. The van der Waals surface area contributed by atoms with Crippen LogP contribution in [0, 0.1) is 16.7 Å². The Hall–Kier alpha value is -1.59. The Morgan fingerprint density at radius 1 is 1.28 bits per heavy atom. The van der Waals surface area contributed by atoms with Gasteiger partial charge >= 0.3 is 5.97 Å². The maximum absolute atomic E-state index is 12.8. The van der Waals surface area contributed by atoms with Crippen molar-refractivity contribution in [3.05, 3.63) is 0 Å². The second-order valence-corrected chi connectivity index (χ2v) is 8.73. The summed E-state index contributed by atoms with van der Waals surface area (Å²) in [5, 5.41) is 2.47. The quantitative estimate of drug-likeness (QED) is 0.607. The minimum atomic E-state index is -0.621. The molecule has 1 N–H and O–H groups in total. The summed E-state index contributed by atoms with van der Waals surface area (Å²) in [4.78, 5) is 37.4. The van der Waals surface area contributed by atoms with Gasteiger partial charge in [-0.15, -0.1) is 0 Å². The summed E-state index contributed by atoms with van der Waals surface area (Å²) < 4.78 is 5.97. The normalized spacial score (nSPS) is 37.0. The van der Waals surface area contributed by atoms with Crippen molar-refractivity contribution in [2.45, 2.75) is 78.0 Å². The van der Waals surface area contributed by atoms with E-state index < -0.39 is 12.1 Å². The molecule has 6 nitrogen and oxygen atoms in total. The van der Waals surface area contributed by atoms with E-state index in [0.717, 1.165) is 19.3 Å². The van der Waals surface area contributed by atoms with Gasteiger partial charge in [0.15, 0.2) is 0 Å². The van der Waals surface area contributed by atoms with Gasteiger partial charge in [0.25, 0.3) is 0 Å². The average molecular weight is 350 g/mol. The second-order valence-electron chi connectivity index (χ2n) is 8.73. The molecule has 0 spiro atoms. The van der Waals surface area contributed by atoms with Crippen LogP contribution >= 0.6 is 0 Å². The summed E-state index contributed by atoms with van der Waals surface area (Å²) in [5.74, 6) is 0.109. The van der Waals surface area contributed by atoms with Gasteiger partial charge in [-0.2, -0.15) is 0 Å². The van der Waals surface area contributed by atoms with E-state index in [2.05, 4.69) is 26.1 Å². The molecular formula is C19H30N2O4. The summed E-state index contributed by atoms with van der Waals surface area (Å²) in [6, 6.07) is -1.14. The van der Waals surface area contributed by atoms with Crippen LogP contribution in [0.3, 0.4) is 0 Å². The predicted molar refractivity (Wildman–Crippen MR) is 92.5 cm³/mol. The molecule has 0 aromatic heterocycles. The van der Waals surface area contributed by atoms with Crippen LogP contribution in [0.2, 0.25) is 0 Å². The van der Waals surface area contributed by atoms with E-state index >= 15 is 0 Å². The highest BCUT2D eigenvalue weighted by Gasteiger charge is 2.63. The van der Waals surface area contributed by atoms with Crippen LogP contribution in [-0.2, 0) is 19.1 Å². The number of nitrogens with one attached hydrogen (secondary N) is 1. The molecule has 25 heavy (non-hydrogen) atoms. The van der Waals surface area contributed by atoms with Crippen molar-refractivity contribution in [2.75, 3.05) is 6.54 Å². The smallest absolute Gasteiger partial charge is 0.329 e. The first-order valence-corrected chi connectivity index (χ1v) is 9.43. The average Bonchev–Trinajstić information content (AvgIpc) is 3.17. The van der Waals surface area contributed by atoms with Crippen LogP contribution in [0.25, 0.3) is 0 Å². The first-order valence-electron chi connectivity index (χ1n) is 9.43. The molecule has 1 saturated heterocycles. The lowest BCUT2D eigenvalue weighted by atomic mass is 9.70. The maximum atomic E-state index is 12.8. The second kappa shape index (κ2) is 6.29. The number of amides is 2. The zero-order valence-electron chi connectivity index (χ0n) is 15.7. The van der Waals surface area contributed by atoms with E-state index in [1.54, 1.807) is 11.8 Å². The minimum absolute atomic E-state index is 0.0210. The molecule has 3 rings (SSSR count). The number of carbonyl (C=O) groups excluding carboxylic acids is 3. The molecule has 4 unspecified atom stereocenters. The number of hydrogen-bond donors (Lipinski definition) is 1. The van der Waals surface area contributed by atoms with Crippen molar-refractivity contribution in [3.63, 3.8) is 0 Å². The number of nitrogens with zero attached hydrogens (tertiary/aromatic N) is 1. The van der Waals surface area contributed by atoms with Crippen LogP contribution in [0.1, 0.15) is 59.8 Å². The first kappa shape index (κ1) is 18.2. The molecule has 1 heterocycles. The molecular weight excluding hydrogens is 320 g/mol. The van der Waals surface area contributed by atoms with Crippen molar-refractivity contribution in [2.24, 2.45) is 16.7 Å². The minimum Gasteiger partial charge on any atom is -0.460 e. The first-order chi connectivity index (χ1) is 11.7. The Labute approximate surface area is 149 Å². The third-order valence-corrected chi connectivity index (χ3v) is 7.47. The molecule has 6 heteroatoms. The zero-order valence-corrected chi connectivity index (χ0v) is 15.7. The standard InChI is InChI=1S/C19H30N2O4/c1-12(20-11-22)16(23)21-9-5-6-14(21)17(24)25-15-10-13-7-8-19(15,4)18(13,2)3/h11-15H,5-10H2,1-4H3,(H,20,22)/t12-,13?,14?,15?,19?/m0/s1. The third kappa shape index (κ3) is 2.74. The number of rotatable bonds is 5. The Morgan fingerprint density at radius 2 is 2.00 bits per heavy atom. The van der Waals surface area contributed by atoms with E-state index in [0.29, 0.717) is 25.3 Å². The maximum Gasteiger partial charge on any atom is 0.329 e. The molecule has 3 aliphatic rings. The number of ether oxygens (including phenoxy) is 1. The lowest BCUT2D eigenvalue weighted by Gasteiger charge is -2.39. The van der Waals surface area contributed by atoms with Crippen molar-refractivity contribution < 1.29 is 19.1 Å². The molecule has 3 fully saturated rings. The molecule has 140 valence electrons. The number of carbonyl (C=O) groups is 3. The van der Waals surface area contributed by atoms with Gasteiger partial charge < -0.3 is 15.0 Å². The molecule has 0 aromatic carbocycles. The number of esters is 1. The fraction of sp³-hybridized carbons (Fsp3) is 0.842. The van der Waals surface area contributed by atoms with Gasteiger partial charge in [-0.3, -0.25) is 9.59 Å². The van der Waals surface area contributed by atoms with Gasteiger partial charge in [0.05, 0.1) is 0 Å². The number of hydrogen-bond acceptors (Lipinski definition) is 4. The third-order valence-electron chi connectivity index (χ3n) is 7.47.